The Morgan fingerprint density at radius 3 is 2.21 bits per heavy atom. The van der Waals surface area contributed by atoms with E-state index in [4.69, 9.17) is 25.6 Å². The number of aromatic nitrogens is 1. The number of hydrogen-bond donors (Lipinski definition) is 0. The zero-order valence-electron chi connectivity index (χ0n) is 18.4. The van der Waals surface area contributed by atoms with Gasteiger partial charge in [-0.25, -0.2) is 4.79 Å². The molecule has 4 aromatic rings. The number of carbonyl (C=O) groups is 2. The smallest absolute Gasteiger partial charge is 0.341 e. The molecule has 0 aliphatic rings. The normalized spacial score (nSPS) is 11.2. The van der Waals surface area contributed by atoms with E-state index in [2.05, 4.69) is 5.16 Å². The van der Waals surface area contributed by atoms with E-state index in [1.54, 1.807) is 60.7 Å². The maximum atomic E-state index is 13.2. The van der Waals surface area contributed by atoms with Gasteiger partial charge < -0.3 is 14.0 Å². The lowest BCUT2D eigenvalue weighted by Crippen LogP contribution is -2.05. The van der Waals surface area contributed by atoms with Crippen LogP contribution in [0.25, 0.3) is 28.2 Å². The van der Waals surface area contributed by atoms with Gasteiger partial charge in [0.15, 0.2) is 11.5 Å². The fourth-order valence-electron chi connectivity index (χ4n) is 3.57. The van der Waals surface area contributed by atoms with Crippen molar-refractivity contribution in [3.05, 3.63) is 107 Å². The van der Waals surface area contributed by atoms with Crippen molar-refractivity contribution >= 4 is 28.9 Å². The molecule has 6 nitrogen and oxygen atoms in total. The SMILES string of the molecule is CO/C=C(\C(=O)OC)c1ccccc1-c1cc(-c2ccccc2C(=O)c2ccc(Cl)cc2)on1. The second-order valence-electron chi connectivity index (χ2n) is 7.26. The molecule has 0 spiro atoms. The fourth-order valence-corrected chi connectivity index (χ4v) is 3.70. The summed E-state index contributed by atoms with van der Waals surface area (Å²) >= 11 is 5.96. The van der Waals surface area contributed by atoms with Crippen LogP contribution in [-0.2, 0) is 14.3 Å². The number of ether oxygens (including phenoxy) is 2. The van der Waals surface area contributed by atoms with Crippen LogP contribution in [0.4, 0.5) is 0 Å². The highest BCUT2D eigenvalue weighted by Gasteiger charge is 2.21. The molecule has 0 fully saturated rings. The van der Waals surface area contributed by atoms with Crippen molar-refractivity contribution in [2.24, 2.45) is 0 Å². The van der Waals surface area contributed by atoms with Gasteiger partial charge in [-0.2, -0.15) is 0 Å². The maximum Gasteiger partial charge on any atom is 0.341 e. The van der Waals surface area contributed by atoms with Crippen LogP contribution in [0.5, 0.6) is 0 Å². The largest absolute Gasteiger partial charge is 0.503 e. The number of methoxy groups -OCH3 is 2. The summed E-state index contributed by atoms with van der Waals surface area (Å²) < 4.78 is 15.6. The molecule has 0 amide bonds. The molecule has 0 aliphatic heterocycles. The predicted molar refractivity (Wildman–Crippen MR) is 129 cm³/mol. The van der Waals surface area contributed by atoms with E-state index in [-0.39, 0.29) is 11.4 Å². The average molecular weight is 474 g/mol. The molecular weight excluding hydrogens is 454 g/mol. The third kappa shape index (κ3) is 4.63. The predicted octanol–water partition coefficient (Wildman–Crippen LogP) is 6.05. The van der Waals surface area contributed by atoms with Crippen LogP contribution in [-0.4, -0.2) is 31.1 Å². The van der Waals surface area contributed by atoms with Crippen LogP contribution in [0.1, 0.15) is 21.5 Å². The summed E-state index contributed by atoms with van der Waals surface area (Å²) in [6.45, 7) is 0. The van der Waals surface area contributed by atoms with E-state index < -0.39 is 5.97 Å². The first-order valence-electron chi connectivity index (χ1n) is 10.3. The minimum Gasteiger partial charge on any atom is -0.503 e. The number of hydrogen-bond acceptors (Lipinski definition) is 6. The molecule has 0 radical (unpaired) electrons. The Balaban J connectivity index is 1.76. The van der Waals surface area contributed by atoms with Crippen molar-refractivity contribution in [3.63, 3.8) is 0 Å². The Bertz CT molecular complexity index is 1370. The van der Waals surface area contributed by atoms with Crippen molar-refractivity contribution in [3.8, 4) is 22.6 Å². The number of carbonyl (C=O) groups excluding carboxylic acids is 2. The first-order valence-corrected chi connectivity index (χ1v) is 10.7. The van der Waals surface area contributed by atoms with Crippen LogP contribution >= 0.6 is 11.6 Å². The average Bonchev–Trinajstić information content (AvgIpc) is 3.37. The number of halogens is 1. The highest BCUT2D eigenvalue weighted by Crippen LogP contribution is 2.33. The molecule has 170 valence electrons. The Kier molecular flexibility index (Phi) is 6.90. The molecule has 1 aromatic heterocycles. The standard InChI is InChI=1S/C27H20ClNO5/c1-32-16-23(27(31)33-2)19-7-3-4-8-20(19)24-15-25(34-29-24)21-9-5-6-10-22(21)26(30)17-11-13-18(28)14-12-17/h3-16H,1-2H3/b23-16-. The van der Waals surface area contributed by atoms with E-state index in [1.807, 2.05) is 18.2 Å². The molecule has 0 atom stereocenters. The van der Waals surface area contributed by atoms with Gasteiger partial charge in [-0.05, 0) is 24.3 Å². The lowest BCUT2D eigenvalue weighted by molar-refractivity contribution is -0.133. The third-order valence-corrected chi connectivity index (χ3v) is 5.44. The Morgan fingerprint density at radius 2 is 1.53 bits per heavy atom. The van der Waals surface area contributed by atoms with Crippen LogP contribution in [0.15, 0.2) is 89.6 Å². The first kappa shape index (κ1) is 23.0. The fraction of sp³-hybridized carbons (Fsp3) is 0.0741. The molecule has 0 saturated heterocycles. The molecule has 7 heteroatoms. The Morgan fingerprint density at radius 1 is 0.882 bits per heavy atom. The van der Waals surface area contributed by atoms with Gasteiger partial charge in [0.1, 0.15) is 11.3 Å². The van der Waals surface area contributed by atoms with Gasteiger partial charge >= 0.3 is 5.97 Å². The van der Waals surface area contributed by atoms with Gasteiger partial charge in [-0.1, -0.05) is 65.3 Å². The van der Waals surface area contributed by atoms with Crippen molar-refractivity contribution < 1.29 is 23.6 Å². The summed E-state index contributed by atoms with van der Waals surface area (Å²) in [6.07, 6.45) is 1.33. The number of rotatable bonds is 7. The highest BCUT2D eigenvalue weighted by molar-refractivity contribution is 6.30. The summed E-state index contributed by atoms with van der Waals surface area (Å²) in [4.78, 5) is 25.5. The summed E-state index contributed by atoms with van der Waals surface area (Å²) in [5.74, 6) is -0.295. The van der Waals surface area contributed by atoms with Gasteiger partial charge in [-0.3, -0.25) is 4.79 Å². The molecule has 0 bridgehead atoms. The second kappa shape index (κ2) is 10.2. The molecule has 0 N–H and O–H groups in total. The van der Waals surface area contributed by atoms with Crippen LogP contribution in [0.3, 0.4) is 0 Å². The van der Waals surface area contributed by atoms with Crippen molar-refractivity contribution in [1.82, 2.24) is 5.16 Å². The first-order chi connectivity index (χ1) is 16.5. The van der Waals surface area contributed by atoms with E-state index >= 15 is 0 Å². The van der Waals surface area contributed by atoms with Gasteiger partial charge in [0.05, 0.1) is 20.5 Å². The highest BCUT2D eigenvalue weighted by atomic mass is 35.5. The van der Waals surface area contributed by atoms with Crippen LogP contribution in [0.2, 0.25) is 5.02 Å². The molecule has 4 rings (SSSR count). The topological polar surface area (TPSA) is 78.6 Å². The molecule has 0 aliphatic carbocycles. The Labute approximate surface area is 201 Å². The van der Waals surface area contributed by atoms with Crippen molar-refractivity contribution in [2.45, 2.75) is 0 Å². The summed E-state index contributed by atoms with van der Waals surface area (Å²) in [5.41, 5.74) is 3.52. The van der Waals surface area contributed by atoms with E-state index in [9.17, 15) is 9.59 Å². The second-order valence-corrected chi connectivity index (χ2v) is 7.70. The summed E-state index contributed by atoms with van der Waals surface area (Å²) in [7, 11) is 2.76. The number of ketones is 1. The van der Waals surface area contributed by atoms with Gasteiger partial charge in [0.2, 0.25) is 0 Å². The number of nitrogens with zero attached hydrogens (tertiary/aromatic N) is 1. The van der Waals surface area contributed by atoms with Gasteiger partial charge in [0, 0.05) is 38.9 Å². The molecule has 34 heavy (non-hydrogen) atoms. The lowest BCUT2D eigenvalue weighted by atomic mass is 9.95. The minimum absolute atomic E-state index is 0.165. The molecular formula is C27H20ClNO5. The minimum atomic E-state index is -0.545. The lowest BCUT2D eigenvalue weighted by Gasteiger charge is -2.09. The summed E-state index contributed by atoms with van der Waals surface area (Å²) in [5, 5.41) is 4.77. The monoisotopic (exact) mass is 473 g/mol. The molecule has 3 aromatic carbocycles. The van der Waals surface area contributed by atoms with Crippen LogP contribution in [0, 0.1) is 0 Å². The molecule has 1 heterocycles. The quantitative estimate of drug-likeness (QED) is 0.141. The van der Waals surface area contributed by atoms with Gasteiger partial charge in [0.25, 0.3) is 0 Å². The Hall–Kier alpha value is -4.16. The van der Waals surface area contributed by atoms with E-state index in [1.165, 1.54) is 20.5 Å². The molecule has 0 unspecified atom stereocenters. The zero-order chi connectivity index (χ0) is 24.1. The van der Waals surface area contributed by atoms with Crippen LogP contribution < -0.4 is 0 Å². The summed E-state index contributed by atoms with van der Waals surface area (Å²) in [6, 6.07) is 22.8. The van der Waals surface area contributed by atoms with E-state index in [0.717, 1.165) is 0 Å². The maximum absolute atomic E-state index is 13.2. The van der Waals surface area contributed by atoms with Crippen molar-refractivity contribution in [1.29, 1.82) is 0 Å². The zero-order valence-corrected chi connectivity index (χ0v) is 19.2. The number of benzene rings is 3. The molecule has 0 saturated carbocycles. The van der Waals surface area contributed by atoms with Gasteiger partial charge in [-0.15, -0.1) is 0 Å². The van der Waals surface area contributed by atoms with E-state index in [0.29, 0.717) is 44.3 Å². The third-order valence-electron chi connectivity index (χ3n) is 5.19. The number of esters is 1. The van der Waals surface area contributed by atoms with Crippen molar-refractivity contribution in [2.75, 3.05) is 14.2 Å².